The van der Waals surface area contributed by atoms with Crippen LogP contribution < -0.4 is 5.32 Å². The number of hydrogen-bond donors (Lipinski definition) is 2. The summed E-state index contributed by atoms with van der Waals surface area (Å²) in [5.74, 6) is -0.959. The highest BCUT2D eigenvalue weighted by Gasteiger charge is 2.34. The molecule has 1 aliphatic carbocycles. The zero-order valence-electron chi connectivity index (χ0n) is 8.61. The second-order valence-corrected chi connectivity index (χ2v) is 4.24. The SMILES string of the molecule is O=C(O)[C@H]1CCCN1C(=O)CNC1CC1. The first-order chi connectivity index (χ1) is 7.18. The van der Waals surface area contributed by atoms with E-state index in [0.29, 0.717) is 19.0 Å². The molecule has 2 rings (SSSR count). The number of nitrogens with zero attached hydrogens (tertiary/aromatic N) is 1. The Balaban J connectivity index is 1.84. The van der Waals surface area contributed by atoms with Crippen molar-refractivity contribution in [1.82, 2.24) is 10.2 Å². The first-order valence-corrected chi connectivity index (χ1v) is 5.44. The van der Waals surface area contributed by atoms with Gasteiger partial charge >= 0.3 is 5.97 Å². The summed E-state index contributed by atoms with van der Waals surface area (Å²) in [6.07, 6.45) is 3.65. The standard InChI is InChI=1S/C10H16N2O3/c13-9(6-11-7-3-4-7)12-5-1-2-8(12)10(14)15/h7-8,11H,1-6H2,(H,14,15)/t8-/m1/s1. The molecule has 1 heterocycles. The van der Waals surface area contributed by atoms with E-state index in [-0.39, 0.29) is 12.5 Å². The summed E-state index contributed by atoms with van der Waals surface area (Å²) in [5.41, 5.74) is 0. The Labute approximate surface area is 88.4 Å². The second-order valence-electron chi connectivity index (χ2n) is 4.24. The number of amides is 1. The highest BCUT2D eigenvalue weighted by atomic mass is 16.4. The maximum Gasteiger partial charge on any atom is 0.326 e. The molecular formula is C10H16N2O3. The zero-order valence-corrected chi connectivity index (χ0v) is 8.61. The van der Waals surface area contributed by atoms with E-state index in [1.807, 2.05) is 0 Å². The van der Waals surface area contributed by atoms with Crippen LogP contribution in [0, 0.1) is 0 Å². The predicted octanol–water partition coefficient (Wildman–Crippen LogP) is -0.186. The topological polar surface area (TPSA) is 69.6 Å². The number of carboxylic acids is 1. The van der Waals surface area contributed by atoms with Crippen LogP contribution in [0.4, 0.5) is 0 Å². The van der Waals surface area contributed by atoms with Crippen molar-refractivity contribution < 1.29 is 14.7 Å². The lowest BCUT2D eigenvalue weighted by molar-refractivity contribution is -0.147. The van der Waals surface area contributed by atoms with Crippen LogP contribution in [0.2, 0.25) is 0 Å². The number of nitrogens with one attached hydrogen (secondary N) is 1. The third-order valence-corrected chi connectivity index (χ3v) is 2.98. The number of rotatable bonds is 4. The van der Waals surface area contributed by atoms with Gasteiger partial charge in [0.15, 0.2) is 0 Å². The molecule has 0 radical (unpaired) electrons. The molecule has 1 saturated heterocycles. The lowest BCUT2D eigenvalue weighted by Gasteiger charge is -2.21. The van der Waals surface area contributed by atoms with E-state index in [1.54, 1.807) is 0 Å². The van der Waals surface area contributed by atoms with Gasteiger partial charge in [-0.15, -0.1) is 0 Å². The summed E-state index contributed by atoms with van der Waals surface area (Å²) in [4.78, 5) is 24.0. The molecule has 84 valence electrons. The molecule has 1 saturated carbocycles. The van der Waals surface area contributed by atoms with Crippen LogP contribution in [0.15, 0.2) is 0 Å². The van der Waals surface area contributed by atoms with Gasteiger partial charge in [-0.2, -0.15) is 0 Å². The molecule has 0 spiro atoms. The fourth-order valence-electron chi connectivity index (χ4n) is 1.94. The normalized spacial score (nSPS) is 25.6. The summed E-state index contributed by atoms with van der Waals surface area (Å²) in [7, 11) is 0. The Hall–Kier alpha value is -1.10. The van der Waals surface area contributed by atoms with Crippen molar-refractivity contribution in [3.63, 3.8) is 0 Å². The molecule has 15 heavy (non-hydrogen) atoms. The molecule has 2 fully saturated rings. The number of hydrogen-bond acceptors (Lipinski definition) is 3. The van der Waals surface area contributed by atoms with E-state index in [2.05, 4.69) is 5.32 Å². The van der Waals surface area contributed by atoms with Crippen LogP contribution in [0.5, 0.6) is 0 Å². The average Bonchev–Trinajstić information content (AvgIpc) is 2.88. The lowest BCUT2D eigenvalue weighted by atomic mass is 10.2. The molecule has 0 aromatic heterocycles. The van der Waals surface area contributed by atoms with E-state index in [9.17, 15) is 9.59 Å². The molecule has 0 unspecified atom stereocenters. The van der Waals surface area contributed by atoms with Gasteiger partial charge in [0.2, 0.25) is 5.91 Å². The molecule has 0 bridgehead atoms. The molecule has 2 N–H and O–H groups in total. The Morgan fingerprint density at radius 2 is 2.07 bits per heavy atom. The minimum Gasteiger partial charge on any atom is -0.480 e. The minimum absolute atomic E-state index is 0.0770. The summed E-state index contributed by atoms with van der Waals surface area (Å²) in [6, 6.07) is -0.113. The first kappa shape index (κ1) is 10.4. The van der Waals surface area contributed by atoms with Gasteiger partial charge in [0.05, 0.1) is 6.54 Å². The van der Waals surface area contributed by atoms with Crippen LogP contribution in [-0.4, -0.2) is 47.1 Å². The van der Waals surface area contributed by atoms with Gasteiger partial charge < -0.3 is 15.3 Å². The van der Waals surface area contributed by atoms with E-state index in [4.69, 9.17) is 5.11 Å². The van der Waals surface area contributed by atoms with Crippen molar-refractivity contribution in [2.24, 2.45) is 0 Å². The highest BCUT2D eigenvalue weighted by Crippen LogP contribution is 2.20. The van der Waals surface area contributed by atoms with Crippen LogP contribution in [0.25, 0.3) is 0 Å². The number of likely N-dealkylation sites (tertiary alicyclic amines) is 1. The molecule has 5 heteroatoms. The number of carbonyl (C=O) groups excluding carboxylic acids is 1. The van der Waals surface area contributed by atoms with Crippen molar-refractivity contribution in [2.75, 3.05) is 13.1 Å². The Morgan fingerprint density at radius 1 is 1.33 bits per heavy atom. The summed E-state index contributed by atoms with van der Waals surface area (Å²) in [6.45, 7) is 0.872. The number of carboxylic acid groups (broad SMARTS) is 1. The maximum atomic E-state index is 11.7. The van der Waals surface area contributed by atoms with E-state index in [0.717, 1.165) is 19.3 Å². The van der Waals surface area contributed by atoms with Gasteiger partial charge in [0.1, 0.15) is 6.04 Å². The fourth-order valence-corrected chi connectivity index (χ4v) is 1.94. The van der Waals surface area contributed by atoms with Gasteiger partial charge in [-0.1, -0.05) is 0 Å². The maximum absolute atomic E-state index is 11.7. The fraction of sp³-hybridized carbons (Fsp3) is 0.800. The summed E-state index contributed by atoms with van der Waals surface area (Å²) in [5, 5.41) is 12.0. The molecule has 1 amide bonds. The van der Waals surface area contributed by atoms with Crippen LogP contribution >= 0.6 is 0 Å². The van der Waals surface area contributed by atoms with E-state index >= 15 is 0 Å². The Morgan fingerprint density at radius 3 is 2.67 bits per heavy atom. The third-order valence-electron chi connectivity index (χ3n) is 2.98. The number of carbonyl (C=O) groups is 2. The highest BCUT2D eigenvalue weighted by molar-refractivity contribution is 5.85. The summed E-state index contributed by atoms with van der Waals surface area (Å²) < 4.78 is 0. The van der Waals surface area contributed by atoms with Crippen molar-refractivity contribution in [1.29, 1.82) is 0 Å². The molecule has 2 aliphatic rings. The van der Waals surface area contributed by atoms with Crippen molar-refractivity contribution in [2.45, 2.75) is 37.8 Å². The van der Waals surface area contributed by atoms with Gasteiger partial charge in [0.25, 0.3) is 0 Å². The Bertz CT molecular complexity index is 276. The van der Waals surface area contributed by atoms with E-state index in [1.165, 1.54) is 4.90 Å². The molecule has 1 aliphatic heterocycles. The third kappa shape index (κ3) is 2.47. The van der Waals surface area contributed by atoms with Crippen LogP contribution in [0.1, 0.15) is 25.7 Å². The van der Waals surface area contributed by atoms with Gasteiger partial charge in [-0.3, -0.25) is 4.79 Å². The second kappa shape index (κ2) is 4.18. The van der Waals surface area contributed by atoms with Crippen molar-refractivity contribution in [3.8, 4) is 0 Å². The van der Waals surface area contributed by atoms with Crippen LogP contribution in [-0.2, 0) is 9.59 Å². The van der Waals surface area contributed by atoms with Gasteiger partial charge in [-0.25, -0.2) is 4.79 Å². The summed E-state index contributed by atoms with van der Waals surface area (Å²) >= 11 is 0. The zero-order chi connectivity index (χ0) is 10.8. The van der Waals surface area contributed by atoms with Gasteiger partial charge in [0, 0.05) is 12.6 Å². The largest absolute Gasteiger partial charge is 0.480 e. The predicted molar refractivity (Wildman–Crippen MR) is 53.4 cm³/mol. The van der Waals surface area contributed by atoms with Crippen molar-refractivity contribution >= 4 is 11.9 Å². The molecule has 0 aromatic carbocycles. The minimum atomic E-state index is -0.882. The number of aliphatic carboxylic acids is 1. The van der Waals surface area contributed by atoms with Gasteiger partial charge in [-0.05, 0) is 25.7 Å². The first-order valence-electron chi connectivity index (χ1n) is 5.44. The quantitative estimate of drug-likeness (QED) is 0.678. The van der Waals surface area contributed by atoms with Crippen molar-refractivity contribution in [3.05, 3.63) is 0 Å². The van der Waals surface area contributed by atoms with E-state index < -0.39 is 12.0 Å². The monoisotopic (exact) mass is 212 g/mol. The molecule has 1 atom stereocenters. The molecule has 5 nitrogen and oxygen atoms in total. The molecular weight excluding hydrogens is 196 g/mol. The lowest BCUT2D eigenvalue weighted by Crippen LogP contribution is -2.44. The van der Waals surface area contributed by atoms with Crippen LogP contribution in [0.3, 0.4) is 0 Å². The Kier molecular flexibility index (Phi) is 2.90. The smallest absolute Gasteiger partial charge is 0.326 e. The molecule has 0 aromatic rings. The average molecular weight is 212 g/mol.